The quantitative estimate of drug-likeness (QED) is 0.756. The molecule has 0 aromatic heterocycles. The van der Waals surface area contributed by atoms with Gasteiger partial charge in [0.25, 0.3) is 0 Å². The normalized spacial score (nSPS) is 38.8. The lowest BCUT2D eigenvalue weighted by atomic mass is 9.77. The van der Waals surface area contributed by atoms with Gasteiger partial charge in [0, 0.05) is 37.6 Å². The molecule has 2 N–H and O–H groups in total. The number of hydrogen-bond donors (Lipinski definition) is 1. The predicted molar refractivity (Wildman–Crippen MR) is 73.2 cm³/mol. The molecule has 4 unspecified atom stereocenters. The molecule has 0 spiro atoms. The van der Waals surface area contributed by atoms with Crippen molar-refractivity contribution in [2.24, 2.45) is 17.6 Å². The highest BCUT2D eigenvalue weighted by molar-refractivity contribution is 5.79. The van der Waals surface area contributed by atoms with Crippen molar-refractivity contribution in [1.82, 2.24) is 9.80 Å². The Hall–Kier alpha value is -0.610. The van der Waals surface area contributed by atoms with Crippen LogP contribution in [0.2, 0.25) is 0 Å². The summed E-state index contributed by atoms with van der Waals surface area (Å²) in [5.74, 6) is 0.988. The Morgan fingerprint density at radius 2 is 1.94 bits per heavy atom. The number of rotatable bonds is 1. The van der Waals surface area contributed by atoms with E-state index in [1.165, 1.54) is 0 Å². The highest BCUT2D eigenvalue weighted by atomic mass is 16.2. The maximum absolute atomic E-state index is 12.7. The van der Waals surface area contributed by atoms with Crippen molar-refractivity contribution in [2.45, 2.75) is 45.2 Å². The van der Waals surface area contributed by atoms with E-state index in [1.807, 2.05) is 0 Å². The molecular weight excluding hydrogens is 226 g/mol. The fraction of sp³-hybridized carbons (Fsp3) is 0.929. The highest BCUT2D eigenvalue weighted by Gasteiger charge is 2.36. The van der Waals surface area contributed by atoms with Crippen LogP contribution in [0, 0.1) is 11.8 Å². The Balaban J connectivity index is 2.01. The molecule has 1 heterocycles. The van der Waals surface area contributed by atoms with Crippen molar-refractivity contribution in [2.75, 3.05) is 26.7 Å². The van der Waals surface area contributed by atoms with Gasteiger partial charge in [0.2, 0.25) is 5.91 Å². The molecule has 1 saturated heterocycles. The van der Waals surface area contributed by atoms with Crippen LogP contribution in [0.4, 0.5) is 0 Å². The predicted octanol–water partition coefficient (Wildman–Crippen LogP) is 0.912. The van der Waals surface area contributed by atoms with E-state index >= 15 is 0 Å². The van der Waals surface area contributed by atoms with E-state index in [0.717, 1.165) is 38.9 Å². The smallest absolute Gasteiger partial charge is 0.226 e. The van der Waals surface area contributed by atoms with E-state index in [4.69, 9.17) is 5.73 Å². The topological polar surface area (TPSA) is 49.6 Å². The van der Waals surface area contributed by atoms with Gasteiger partial charge in [0.15, 0.2) is 0 Å². The van der Waals surface area contributed by atoms with E-state index in [9.17, 15) is 4.79 Å². The summed E-state index contributed by atoms with van der Waals surface area (Å²) < 4.78 is 0. The molecule has 2 rings (SSSR count). The van der Waals surface area contributed by atoms with Gasteiger partial charge in [0.05, 0.1) is 0 Å². The molecule has 4 heteroatoms. The molecule has 0 bridgehead atoms. The van der Waals surface area contributed by atoms with Crippen LogP contribution in [0.3, 0.4) is 0 Å². The van der Waals surface area contributed by atoms with Gasteiger partial charge >= 0.3 is 0 Å². The molecule has 0 aromatic carbocycles. The Bertz CT molecular complexity index is 307. The molecule has 2 aliphatic rings. The molecule has 1 aliphatic heterocycles. The average molecular weight is 253 g/mol. The second-order valence-electron chi connectivity index (χ2n) is 6.30. The number of piperazine rings is 1. The lowest BCUT2D eigenvalue weighted by molar-refractivity contribution is -0.142. The summed E-state index contributed by atoms with van der Waals surface area (Å²) in [6, 6.07) is 0.555. The molecule has 1 aliphatic carbocycles. The molecule has 1 amide bonds. The van der Waals surface area contributed by atoms with Crippen molar-refractivity contribution in [1.29, 1.82) is 0 Å². The Morgan fingerprint density at radius 1 is 1.22 bits per heavy atom. The molecule has 18 heavy (non-hydrogen) atoms. The van der Waals surface area contributed by atoms with Gasteiger partial charge in [-0.25, -0.2) is 0 Å². The first-order chi connectivity index (χ1) is 8.49. The van der Waals surface area contributed by atoms with E-state index < -0.39 is 0 Å². The highest BCUT2D eigenvalue weighted by Crippen LogP contribution is 2.31. The summed E-state index contributed by atoms with van der Waals surface area (Å²) in [6.45, 7) is 7.20. The van der Waals surface area contributed by atoms with Gasteiger partial charge in [-0.3, -0.25) is 4.79 Å². The zero-order valence-corrected chi connectivity index (χ0v) is 11.9. The largest absolute Gasteiger partial charge is 0.337 e. The number of likely N-dealkylation sites (N-methyl/N-ethyl adjacent to an activating group) is 1. The van der Waals surface area contributed by atoms with Gasteiger partial charge in [-0.2, -0.15) is 0 Å². The number of carbonyl (C=O) groups excluding carboxylic acids is 1. The minimum atomic E-state index is 0.152. The van der Waals surface area contributed by atoms with Crippen molar-refractivity contribution in [3.8, 4) is 0 Å². The Labute approximate surface area is 110 Å². The average Bonchev–Trinajstić information content (AvgIpc) is 2.31. The van der Waals surface area contributed by atoms with Crippen LogP contribution in [0.5, 0.6) is 0 Å². The van der Waals surface area contributed by atoms with E-state index in [0.29, 0.717) is 17.9 Å². The molecule has 4 atom stereocenters. The zero-order chi connectivity index (χ0) is 13.3. The van der Waals surface area contributed by atoms with Crippen LogP contribution in [0.25, 0.3) is 0 Å². The molecular formula is C14H27N3O. The van der Waals surface area contributed by atoms with E-state index in [1.54, 1.807) is 0 Å². The first-order valence-electron chi connectivity index (χ1n) is 7.23. The standard InChI is InChI=1S/C14H27N3O/c1-10-4-5-12(15)8-13(10)14(18)17-7-6-16(3)9-11(17)2/h10-13H,4-9,15H2,1-3H3. The summed E-state index contributed by atoms with van der Waals surface area (Å²) in [5, 5.41) is 0. The van der Waals surface area contributed by atoms with Crippen molar-refractivity contribution in [3.05, 3.63) is 0 Å². The second-order valence-corrected chi connectivity index (χ2v) is 6.30. The monoisotopic (exact) mass is 253 g/mol. The van der Waals surface area contributed by atoms with Gasteiger partial charge in [-0.05, 0) is 39.2 Å². The first kappa shape index (κ1) is 13.8. The third-order valence-corrected chi connectivity index (χ3v) is 4.67. The number of amides is 1. The first-order valence-corrected chi connectivity index (χ1v) is 7.23. The maximum Gasteiger partial charge on any atom is 0.226 e. The van der Waals surface area contributed by atoms with Crippen molar-refractivity contribution < 1.29 is 4.79 Å². The molecule has 0 radical (unpaired) electrons. The molecule has 2 fully saturated rings. The minimum Gasteiger partial charge on any atom is -0.337 e. The maximum atomic E-state index is 12.7. The van der Waals surface area contributed by atoms with Gasteiger partial charge < -0.3 is 15.5 Å². The molecule has 104 valence electrons. The fourth-order valence-corrected chi connectivity index (χ4v) is 3.38. The summed E-state index contributed by atoms with van der Waals surface area (Å²) in [4.78, 5) is 17.1. The van der Waals surface area contributed by atoms with Crippen molar-refractivity contribution in [3.63, 3.8) is 0 Å². The van der Waals surface area contributed by atoms with Crippen LogP contribution >= 0.6 is 0 Å². The lowest BCUT2D eigenvalue weighted by Crippen LogP contribution is -2.55. The van der Waals surface area contributed by atoms with Crippen LogP contribution in [0.1, 0.15) is 33.1 Å². The zero-order valence-electron chi connectivity index (χ0n) is 11.9. The SMILES string of the molecule is CC1CCC(N)CC1C(=O)N1CCN(C)CC1C. The molecule has 4 nitrogen and oxygen atoms in total. The third kappa shape index (κ3) is 2.86. The number of hydrogen-bond acceptors (Lipinski definition) is 3. The number of nitrogens with zero attached hydrogens (tertiary/aromatic N) is 2. The Kier molecular flexibility index (Phi) is 4.28. The minimum absolute atomic E-state index is 0.152. The van der Waals surface area contributed by atoms with Crippen LogP contribution in [-0.4, -0.2) is 54.5 Å². The Morgan fingerprint density at radius 3 is 2.61 bits per heavy atom. The van der Waals surface area contributed by atoms with Crippen molar-refractivity contribution >= 4 is 5.91 Å². The lowest BCUT2D eigenvalue weighted by Gasteiger charge is -2.42. The summed E-state index contributed by atoms with van der Waals surface area (Å²) in [5.41, 5.74) is 6.03. The molecule has 0 aromatic rings. The third-order valence-electron chi connectivity index (χ3n) is 4.67. The van der Waals surface area contributed by atoms with Crippen LogP contribution in [0.15, 0.2) is 0 Å². The van der Waals surface area contributed by atoms with Gasteiger partial charge in [-0.1, -0.05) is 6.92 Å². The van der Waals surface area contributed by atoms with E-state index in [-0.39, 0.29) is 12.0 Å². The summed E-state index contributed by atoms with van der Waals surface area (Å²) >= 11 is 0. The van der Waals surface area contributed by atoms with Crippen LogP contribution < -0.4 is 5.73 Å². The summed E-state index contributed by atoms with van der Waals surface area (Å²) in [7, 11) is 2.12. The summed E-state index contributed by atoms with van der Waals surface area (Å²) in [6.07, 6.45) is 3.04. The fourth-order valence-electron chi connectivity index (χ4n) is 3.38. The van der Waals surface area contributed by atoms with Crippen LogP contribution in [-0.2, 0) is 4.79 Å². The van der Waals surface area contributed by atoms with Gasteiger partial charge in [0.1, 0.15) is 0 Å². The number of nitrogens with two attached hydrogens (primary N) is 1. The second kappa shape index (κ2) is 5.57. The van der Waals surface area contributed by atoms with Gasteiger partial charge in [-0.15, -0.1) is 0 Å². The number of carbonyl (C=O) groups is 1. The molecule has 1 saturated carbocycles. The van der Waals surface area contributed by atoms with E-state index in [2.05, 4.69) is 30.7 Å².